The topological polar surface area (TPSA) is 101 Å². The Morgan fingerprint density at radius 3 is 2.29 bits per heavy atom. The Morgan fingerprint density at radius 2 is 1.58 bits per heavy atom. The van der Waals surface area contributed by atoms with Crippen LogP contribution in [0.2, 0.25) is 0 Å². The summed E-state index contributed by atoms with van der Waals surface area (Å²) in [4.78, 5) is 0. The van der Waals surface area contributed by atoms with E-state index in [1.54, 1.807) is 20.3 Å². The molecule has 4 rings (SSSR count). The second kappa shape index (κ2) is 14.1. The number of phenols is 1. The summed E-state index contributed by atoms with van der Waals surface area (Å²) in [6, 6.07) is 21.1. The van der Waals surface area contributed by atoms with E-state index in [1.807, 2.05) is 60.7 Å². The lowest BCUT2D eigenvalue weighted by Gasteiger charge is -2.36. The van der Waals surface area contributed by atoms with E-state index in [4.69, 9.17) is 18.9 Å². The first-order valence-corrected chi connectivity index (χ1v) is 13.0. The summed E-state index contributed by atoms with van der Waals surface area (Å²) in [6.07, 6.45) is 0.0477. The highest BCUT2D eigenvalue weighted by molar-refractivity contribution is 5.57. The van der Waals surface area contributed by atoms with Gasteiger partial charge in [-0.25, -0.2) is 0 Å². The number of hydrogen-bond acceptors (Lipinski definition) is 8. The molecule has 0 spiro atoms. The Hall–Kier alpha value is -3.14. The molecular formula is C30H38N2O6. The summed E-state index contributed by atoms with van der Waals surface area (Å²) in [7, 11) is 3.35. The second-order valence-corrected chi connectivity index (χ2v) is 9.47. The molecule has 0 aliphatic carbocycles. The number of β-amino-alcohol motifs (C(OH)–C–C–N with tert-alkyl or cyclic N) is 1. The molecule has 1 aliphatic rings. The SMILES string of the molecule is COCCCNc1cc(CO[C@H]2CNC[C@@H](O)[C@@H]2c2ccc(Oc3ccc(COC)cc3)cc2)ccc1O. The van der Waals surface area contributed by atoms with Crippen molar-refractivity contribution in [3.8, 4) is 17.2 Å². The van der Waals surface area contributed by atoms with Gasteiger partial charge in [0.1, 0.15) is 17.2 Å². The van der Waals surface area contributed by atoms with Crippen molar-refractivity contribution in [2.24, 2.45) is 0 Å². The number of anilines is 1. The Balaban J connectivity index is 1.38. The van der Waals surface area contributed by atoms with Crippen LogP contribution in [-0.4, -0.2) is 62.9 Å². The molecule has 38 heavy (non-hydrogen) atoms. The molecule has 3 aromatic carbocycles. The molecule has 4 N–H and O–H groups in total. The maximum absolute atomic E-state index is 10.8. The van der Waals surface area contributed by atoms with Gasteiger partial charge in [0.25, 0.3) is 0 Å². The molecule has 8 heteroatoms. The zero-order chi connectivity index (χ0) is 26.7. The summed E-state index contributed by atoms with van der Waals surface area (Å²) < 4.78 is 22.5. The van der Waals surface area contributed by atoms with E-state index in [0.29, 0.717) is 45.1 Å². The number of hydrogen-bond donors (Lipinski definition) is 4. The summed E-state index contributed by atoms with van der Waals surface area (Å²) in [5, 5.41) is 27.5. The number of benzene rings is 3. The van der Waals surface area contributed by atoms with E-state index in [0.717, 1.165) is 34.6 Å². The fourth-order valence-corrected chi connectivity index (χ4v) is 4.65. The lowest BCUT2D eigenvalue weighted by Crippen LogP contribution is -2.49. The van der Waals surface area contributed by atoms with Gasteiger partial charge in [0.2, 0.25) is 0 Å². The minimum Gasteiger partial charge on any atom is -0.506 e. The van der Waals surface area contributed by atoms with Crippen molar-refractivity contribution in [2.45, 2.75) is 37.8 Å². The van der Waals surface area contributed by atoms with Gasteiger partial charge in [0, 0.05) is 46.4 Å². The summed E-state index contributed by atoms with van der Waals surface area (Å²) >= 11 is 0. The third-order valence-electron chi connectivity index (χ3n) is 6.61. The smallest absolute Gasteiger partial charge is 0.138 e. The van der Waals surface area contributed by atoms with Gasteiger partial charge in [-0.15, -0.1) is 0 Å². The minimum atomic E-state index is -0.577. The summed E-state index contributed by atoms with van der Waals surface area (Å²) in [5.74, 6) is 1.50. The van der Waals surface area contributed by atoms with Crippen LogP contribution in [0.15, 0.2) is 66.7 Å². The van der Waals surface area contributed by atoms with E-state index in [2.05, 4.69) is 10.6 Å². The molecule has 0 aromatic heterocycles. The van der Waals surface area contributed by atoms with Gasteiger partial charge in [-0.1, -0.05) is 30.3 Å². The van der Waals surface area contributed by atoms with Crippen LogP contribution in [0.1, 0.15) is 29.0 Å². The van der Waals surface area contributed by atoms with Crippen molar-refractivity contribution in [2.75, 3.05) is 45.8 Å². The minimum absolute atomic E-state index is 0.178. The second-order valence-electron chi connectivity index (χ2n) is 9.47. The highest BCUT2D eigenvalue weighted by Gasteiger charge is 2.34. The van der Waals surface area contributed by atoms with Gasteiger partial charge in [-0.2, -0.15) is 0 Å². The van der Waals surface area contributed by atoms with Crippen LogP contribution in [0.3, 0.4) is 0 Å². The molecule has 3 aromatic rings. The van der Waals surface area contributed by atoms with E-state index >= 15 is 0 Å². The number of piperidine rings is 1. The van der Waals surface area contributed by atoms with Gasteiger partial charge < -0.3 is 39.8 Å². The van der Waals surface area contributed by atoms with Crippen molar-refractivity contribution in [1.29, 1.82) is 0 Å². The van der Waals surface area contributed by atoms with Crippen LogP contribution >= 0.6 is 0 Å². The fourth-order valence-electron chi connectivity index (χ4n) is 4.65. The molecule has 1 heterocycles. The van der Waals surface area contributed by atoms with E-state index in [9.17, 15) is 10.2 Å². The third-order valence-corrected chi connectivity index (χ3v) is 6.61. The van der Waals surface area contributed by atoms with Crippen LogP contribution in [0.4, 0.5) is 5.69 Å². The first-order valence-electron chi connectivity index (χ1n) is 13.0. The zero-order valence-electron chi connectivity index (χ0n) is 22.1. The molecule has 0 amide bonds. The van der Waals surface area contributed by atoms with Crippen molar-refractivity contribution in [3.05, 3.63) is 83.4 Å². The Morgan fingerprint density at radius 1 is 0.868 bits per heavy atom. The van der Waals surface area contributed by atoms with Gasteiger partial charge in [0.15, 0.2) is 0 Å². The maximum Gasteiger partial charge on any atom is 0.138 e. The highest BCUT2D eigenvalue weighted by atomic mass is 16.5. The lowest BCUT2D eigenvalue weighted by atomic mass is 9.85. The number of ether oxygens (including phenoxy) is 4. The predicted octanol–water partition coefficient (Wildman–Crippen LogP) is 4.41. The molecule has 0 radical (unpaired) electrons. The standard InChI is InChI=1S/C30H38N2O6/c1-35-15-3-14-32-26-16-22(6-13-27(26)33)20-37-29-18-31-17-28(34)30(29)23-7-11-25(12-8-23)38-24-9-4-21(5-10-24)19-36-2/h4-13,16,28-34H,3,14-15,17-20H2,1-2H3/t28-,29+,30+/m1/s1. The molecule has 0 unspecified atom stereocenters. The Bertz CT molecular complexity index is 1120. The average Bonchev–Trinajstić information content (AvgIpc) is 2.93. The molecule has 1 fully saturated rings. The highest BCUT2D eigenvalue weighted by Crippen LogP contribution is 2.32. The number of aromatic hydroxyl groups is 1. The lowest BCUT2D eigenvalue weighted by molar-refractivity contribution is -0.0328. The molecule has 204 valence electrons. The van der Waals surface area contributed by atoms with Gasteiger partial charge in [-0.3, -0.25) is 0 Å². The molecular weight excluding hydrogens is 484 g/mol. The number of phenolic OH excluding ortho intramolecular Hbond substituents is 1. The fraction of sp³-hybridized carbons (Fsp3) is 0.400. The van der Waals surface area contributed by atoms with Crippen LogP contribution in [0.25, 0.3) is 0 Å². The third kappa shape index (κ3) is 7.69. The quantitative estimate of drug-likeness (QED) is 0.193. The van der Waals surface area contributed by atoms with Gasteiger partial charge in [-0.05, 0) is 59.5 Å². The maximum atomic E-state index is 10.8. The van der Waals surface area contributed by atoms with E-state index < -0.39 is 6.10 Å². The average molecular weight is 523 g/mol. The zero-order valence-corrected chi connectivity index (χ0v) is 22.1. The predicted molar refractivity (Wildman–Crippen MR) is 147 cm³/mol. The first-order chi connectivity index (χ1) is 18.6. The van der Waals surface area contributed by atoms with Crippen molar-refractivity contribution in [3.63, 3.8) is 0 Å². The molecule has 8 nitrogen and oxygen atoms in total. The molecule has 3 atom stereocenters. The number of aliphatic hydroxyl groups is 1. The van der Waals surface area contributed by atoms with E-state index in [-0.39, 0.29) is 17.8 Å². The van der Waals surface area contributed by atoms with Crippen molar-refractivity contribution < 1.29 is 29.2 Å². The largest absolute Gasteiger partial charge is 0.506 e. The summed E-state index contributed by atoms with van der Waals surface area (Å²) in [6.45, 7) is 3.42. The summed E-state index contributed by atoms with van der Waals surface area (Å²) in [5.41, 5.74) is 3.70. The normalized spacial score (nSPS) is 19.3. The van der Waals surface area contributed by atoms with Crippen molar-refractivity contribution >= 4 is 5.69 Å². The van der Waals surface area contributed by atoms with Crippen LogP contribution in [0, 0.1) is 0 Å². The number of nitrogens with one attached hydrogen (secondary N) is 2. The molecule has 1 saturated heterocycles. The number of aliphatic hydroxyl groups excluding tert-OH is 1. The van der Waals surface area contributed by atoms with Crippen LogP contribution < -0.4 is 15.4 Å². The van der Waals surface area contributed by atoms with Crippen molar-refractivity contribution in [1.82, 2.24) is 5.32 Å². The number of methoxy groups -OCH3 is 2. The Kier molecular flexibility index (Phi) is 10.4. The van der Waals surface area contributed by atoms with Gasteiger partial charge in [0.05, 0.1) is 31.1 Å². The molecule has 1 aliphatic heterocycles. The first kappa shape index (κ1) is 27.9. The Labute approximate surface area is 224 Å². The van der Waals surface area contributed by atoms with E-state index in [1.165, 1.54) is 0 Å². The van der Waals surface area contributed by atoms with Crippen LogP contribution in [-0.2, 0) is 27.4 Å². The number of rotatable bonds is 13. The monoisotopic (exact) mass is 522 g/mol. The molecule has 0 bridgehead atoms. The van der Waals surface area contributed by atoms with Gasteiger partial charge >= 0.3 is 0 Å². The molecule has 0 saturated carbocycles. The van der Waals surface area contributed by atoms with Crippen LogP contribution in [0.5, 0.6) is 17.2 Å².